The van der Waals surface area contributed by atoms with E-state index in [-0.39, 0.29) is 17.9 Å². The minimum atomic E-state index is -0.272. The SMILES string of the molecule is COCC(C)C(NC1CCCC1)C(N)=O. The molecule has 2 unspecified atom stereocenters. The Labute approximate surface area is 91.5 Å². The summed E-state index contributed by atoms with van der Waals surface area (Å²) in [5, 5.41) is 3.35. The van der Waals surface area contributed by atoms with E-state index < -0.39 is 0 Å². The molecule has 88 valence electrons. The van der Waals surface area contributed by atoms with Crippen LogP contribution >= 0.6 is 0 Å². The van der Waals surface area contributed by atoms with Gasteiger partial charge in [-0.05, 0) is 12.8 Å². The van der Waals surface area contributed by atoms with Gasteiger partial charge in [-0.15, -0.1) is 0 Å². The van der Waals surface area contributed by atoms with Gasteiger partial charge in [0.1, 0.15) is 0 Å². The summed E-state index contributed by atoms with van der Waals surface area (Å²) in [5.74, 6) is -0.139. The molecule has 15 heavy (non-hydrogen) atoms. The quantitative estimate of drug-likeness (QED) is 0.682. The van der Waals surface area contributed by atoms with Crippen LogP contribution in [0.25, 0.3) is 0 Å². The number of methoxy groups -OCH3 is 1. The third kappa shape index (κ3) is 3.80. The summed E-state index contributed by atoms with van der Waals surface area (Å²) < 4.78 is 5.05. The maximum Gasteiger partial charge on any atom is 0.234 e. The molecule has 1 aliphatic carbocycles. The minimum absolute atomic E-state index is 0.132. The Kier molecular flexibility index (Phi) is 5.05. The molecule has 0 aliphatic heterocycles. The Balaban J connectivity index is 2.45. The number of carbonyl (C=O) groups is 1. The van der Waals surface area contributed by atoms with E-state index in [1.165, 1.54) is 12.8 Å². The molecule has 1 aliphatic rings. The van der Waals surface area contributed by atoms with Gasteiger partial charge in [0.05, 0.1) is 12.6 Å². The molecule has 0 aromatic carbocycles. The van der Waals surface area contributed by atoms with E-state index in [9.17, 15) is 4.79 Å². The number of hydrogen-bond donors (Lipinski definition) is 2. The number of nitrogens with two attached hydrogens (primary N) is 1. The number of hydrogen-bond acceptors (Lipinski definition) is 3. The zero-order chi connectivity index (χ0) is 11.3. The molecule has 0 aromatic rings. The number of rotatable bonds is 6. The van der Waals surface area contributed by atoms with E-state index in [1.54, 1.807) is 7.11 Å². The molecule has 1 saturated carbocycles. The molecule has 4 nitrogen and oxygen atoms in total. The maximum atomic E-state index is 11.3. The molecule has 0 saturated heterocycles. The Morgan fingerprint density at radius 2 is 2.13 bits per heavy atom. The lowest BCUT2D eigenvalue weighted by Gasteiger charge is -2.25. The summed E-state index contributed by atoms with van der Waals surface area (Å²) in [5.41, 5.74) is 5.39. The van der Waals surface area contributed by atoms with Crippen molar-refractivity contribution in [2.45, 2.75) is 44.7 Å². The number of primary amides is 1. The summed E-state index contributed by atoms with van der Waals surface area (Å²) in [4.78, 5) is 11.3. The van der Waals surface area contributed by atoms with Crippen molar-refractivity contribution in [3.05, 3.63) is 0 Å². The zero-order valence-electron chi connectivity index (χ0n) is 9.66. The molecule has 2 atom stereocenters. The van der Waals surface area contributed by atoms with Crippen molar-refractivity contribution in [1.29, 1.82) is 0 Å². The summed E-state index contributed by atoms with van der Waals surface area (Å²) in [6.07, 6.45) is 4.82. The molecule has 1 rings (SSSR count). The van der Waals surface area contributed by atoms with E-state index in [1.807, 2.05) is 6.92 Å². The second-order valence-corrected chi connectivity index (χ2v) is 4.46. The maximum absolute atomic E-state index is 11.3. The van der Waals surface area contributed by atoms with Crippen LogP contribution in [-0.2, 0) is 9.53 Å². The fourth-order valence-corrected chi connectivity index (χ4v) is 2.23. The molecule has 4 heteroatoms. The average molecular weight is 214 g/mol. The van der Waals surface area contributed by atoms with Crippen molar-refractivity contribution in [3.63, 3.8) is 0 Å². The predicted molar refractivity (Wildman–Crippen MR) is 59.4 cm³/mol. The van der Waals surface area contributed by atoms with Gasteiger partial charge in [0.15, 0.2) is 0 Å². The first-order chi connectivity index (χ1) is 7.15. The fraction of sp³-hybridized carbons (Fsp3) is 0.909. The van der Waals surface area contributed by atoms with Crippen LogP contribution in [0.4, 0.5) is 0 Å². The highest BCUT2D eigenvalue weighted by Crippen LogP contribution is 2.19. The normalized spacial score (nSPS) is 21.5. The van der Waals surface area contributed by atoms with Gasteiger partial charge in [-0.25, -0.2) is 0 Å². The van der Waals surface area contributed by atoms with Crippen molar-refractivity contribution < 1.29 is 9.53 Å². The van der Waals surface area contributed by atoms with Crippen LogP contribution < -0.4 is 11.1 Å². The van der Waals surface area contributed by atoms with E-state index in [0.717, 1.165) is 12.8 Å². The standard InChI is InChI=1S/C11H22N2O2/c1-8(7-15-2)10(11(12)14)13-9-5-3-4-6-9/h8-10,13H,3-7H2,1-2H3,(H2,12,14). The second kappa shape index (κ2) is 6.08. The van der Waals surface area contributed by atoms with Gasteiger partial charge in [-0.1, -0.05) is 19.8 Å². The molecule has 1 fully saturated rings. The number of nitrogens with one attached hydrogen (secondary N) is 1. The van der Waals surface area contributed by atoms with Gasteiger partial charge < -0.3 is 15.8 Å². The van der Waals surface area contributed by atoms with Crippen molar-refractivity contribution >= 4 is 5.91 Å². The summed E-state index contributed by atoms with van der Waals surface area (Å²) >= 11 is 0. The Morgan fingerprint density at radius 3 is 2.60 bits per heavy atom. The Bertz CT molecular complexity index is 203. The molecular formula is C11H22N2O2. The molecule has 0 heterocycles. The third-order valence-electron chi connectivity index (χ3n) is 3.08. The van der Waals surface area contributed by atoms with Crippen molar-refractivity contribution in [3.8, 4) is 0 Å². The van der Waals surface area contributed by atoms with Crippen LogP contribution in [0, 0.1) is 5.92 Å². The number of amides is 1. The summed E-state index contributed by atoms with van der Waals surface area (Å²) in [7, 11) is 1.64. The monoisotopic (exact) mass is 214 g/mol. The molecule has 3 N–H and O–H groups in total. The molecule has 0 aromatic heterocycles. The largest absolute Gasteiger partial charge is 0.384 e. The van der Waals surface area contributed by atoms with E-state index >= 15 is 0 Å². The van der Waals surface area contributed by atoms with Crippen LogP contribution in [0.5, 0.6) is 0 Å². The van der Waals surface area contributed by atoms with E-state index in [4.69, 9.17) is 10.5 Å². The van der Waals surface area contributed by atoms with Gasteiger partial charge in [-0.3, -0.25) is 4.79 Å². The van der Waals surface area contributed by atoms with Gasteiger partial charge >= 0.3 is 0 Å². The highest BCUT2D eigenvalue weighted by atomic mass is 16.5. The molecule has 1 amide bonds. The third-order valence-corrected chi connectivity index (χ3v) is 3.08. The van der Waals surface area contributed by atoms with Crippen LogP contribution in [0.2, 0.25) is 0 Å². The van der Waals surface area contributed by atoms with Crippen LogP contribution in [-0.4, -0.2) is 31.7 Å². The summed E-state index contributed by atoms with van der Waals surface area (Å²) in [6.45, 7) is 2.55. The Hall–Kier alpha value is -0.610. The highest BCUT2D eigenvalue weighted by molar-refractivity contribution is 5.80. The first kappa shape index (κ1) is 12.5. The van der Waals surface area contributed by atoms with Crippen LogP contribution in [0.1, 0.15) is 32.6 Å². The van der Waals surface area contributed by atoms with Gasteiger partial charge in [0.2, 0.25) is 5.91 Å². The van der Waals surface area contributed by atoms with E-state index in [2.05, 4.69) is 5.32 Å². The average Bonchev–Trinajstić information content (AvgIpc) is 2.66. The lowest BCUT2D eigenvalue weighted by molar-refractivity contribution is -0.121. The fourth-order valence-electron chi connectivity index (χ4n) is 2.23. The number of carbonyl (C=O) groups excluding carboxylic acids is 1. The minimum Gasteiger partial charge on any atom is -0.384 e. The molecule has 0 radical (unpaired) electrons. The number of ether oxygens (including phenoxy) is 1. The molecule has 0 bridgehead atoms. The first-order valence-electron chi connectivity index (χ1n) is 5.69. The predicted octanol–water partition coefficient (Wildman–Crippen LogP) is 0.655. The lowest BCUT2D eigenvalue weighted by atomic mass is 10.0. The van der Waals surface area contributed by atoms with Crippen molar-refractivity contribution in [2.24, 2.45) is 11.7 Å². The van der Waals surface area contributed by atoms with Crippen LogP contribution in [0.15, 0.2) is 0 Å². The van der Waals surface area contributed by atoms with E-state index in [0.29, 0.717) is 12.6 Å². The van der Waals surface area contributed by atoms with Gasteiger partial charge in [-0.2, -0.15) is 0 Å². The Morgan fingerprint density at radius 1 is 1.53 bits per heavy atom. The lowest BCUT2D eigenvalue weighted by Crippen LogP contribution is -2.50. The second-order valence-electron chi connectivity index (χ2n) is 4.46. The molecular weight excluding hydrogens is 192 g/mol. The zero-order valence-corrected chi connectivity index (χ0v) is 9.66. The molecule has 0 spiro atoms. The van der Waals surface area contributed by atoms with Crippen molar-refractivity contribution in [2.75, 3.05) is 13.7 Å². The highest BCUT2D eigenvalue weighted by Gasteiger charge is 2.26. The van der Waals surface area contributed by atoms with Crippen molar-refractivity contribution in [1.82, 2.24) is 5.32 Å². The van der Waals surface area contributed by atoms with Crippen LogP contribution in [0.3, 0.4) is 0 Å². The van der Waals surface area contributed by atoms with Gasteiger partial charge in [0.25, 0.3) is 0 Å². The summed E-state index contributed by atoms with van der Waals surface area (Å²) in [6, 6.07) is 0.204. The first-order valence-corrected chi connectivity index (χ1v) is 5.69. The smallest absolute Gasteiger partial charge is 0.234 e. The van der Waals surface area contributed by atoms with Gasteiger partial charge in [0, 0.05) is 19.1 Å². The topological polar surface area (TPSA) is 64.3 Å².